The van der Waals surface area contributed by atoms with Crippen LogP contribution in [0.15, 0.2) is 16.6 Å². The number of aliphatic carboxylic acids is 1. The molecule has 1 unspecified atom stereocenters. The van der Waals surface area contributed by atoms with Gasteiger partial charge in [0.15, 0.2) is 5.78 Å². The van der Waals surface area contributed by atoms with Gasteiger partial charge in [0, 0.05) is 40.4 Å². The molecule has 6 rings (SSSR count). The van der Waals surface area contributed by atoms with E-state index in [-0.39, 0.29) is 30.5 Å². The number of H-pyrrole nitrogens is 2. The molecule has 0 aromatic carbocycles. The summed E-state index contributed by atoms with van der Waals surface area (Å²) in [5, 5.41) is 9.84. The molecule has 5 heterocycles. The Morgan fingerprint density at radius 1 is 1.00 bits per heavy atom. The molecular weight excluding hydrogens is 568 g/mol. The quantitative estimate of drug-likeness (QED) is 0.284. The van der Waals surface area contributed by atoms with Crippen molar-refractivity contribution in [2.45, 2.75) is 79.1 Å². The molecule has 3 aliphatic rings. The lowest BCUT2D eigenvalue weighted by Crippen LogP contribution is -2.10. The fraction of sp³-hybridized carbons (Fsp3) is 0.375. The largest absolute Gasteiger partial charge is 0.481 e. The number of Topliss-reactive ketones (excluding diaryl/α,β-unsaturated/α-hetero) is 1. The number of nitrogens with zero attached hydrogens (tertiary/aromatic N) is 2. The van der Waals surface area contributed by atoms with E-state index in [4.69, 9.17) is 9.97 Å². The molecule has 3 aromatic heterocycles. The van der Waals surface area contributed by atoms with Crippen molar-refractivity contribution in [2.24, 2.45) is 0 Å². The van der Waals surface area contributed by atoms with E-state index in [2.05, 4.69) is 65.7 Å². The molecule has 0 amide bonds. The van der Waals surface area contributed by atoms with Crippen LogP contribution in [0.25, 0.3) is 33.2 Å². The number of hydrogen-bond donors (Lipinski definition) is 3. The lowest BCUT2D eigenvalue weighted by atomic mass is 9.86. The smallest absolute Gasteiger partial charge is 0.304 e. The third-order valence-electron chi connectivity index (χ3n) is 9.05. The molecule has 3 N–H and O–H groups in total. The maximum Gasteiger partial charge on any atom is 0.304 e. The normalized spacial score (nSPS) is 18.2. The van der Waals surface area contributed by atoms with Gasteiger partial charge in [0.05, 0.1) is 44.7 Å². The Kier molecular flexibility index (Phi) is 6.37. The third kappa shape index (κ3) is 3.83. The summed E-state index contributed by atoms with van der Waals surface area (Å²) in [7, 11) is 0. The fourth-order valence-corrected chi connectivity index (χ4v) is 7.67. The van der Waals surface area contributed by atoms with E-state index in [0.29, 0.717) is 11.3 Å². The number of carbonyl (C=O) groups excluding carboxylic acids is 1. The number of hydrogen-bond acceptors (Lipinski definition) is 4. The molecule has 2 aliphatic heterocycles. The number of aryl methyl sites for hydroxylation is 3. The van der Waals surface area contributed by atoms with Crippen LogP contribution in [0.5, 0.6) is 0 Å². The Morgan fingerprint density at radius 3 is 2.38 bits per heavy atom. The topological polar surface area (TPSA) is 112 Å². The Morgan fingerprint density at radius 2 is 1.70 bits per heavy atom. The molecule has 206 valence electrons. The Hall–Kier alpha value is -3.52. The number of carbonyl (C=O) groups is 2. The minimum Gasteiger partial charge on any atom is -0.481 e. The molecule has 0 radical (unpaired) electrons. The summed E-state index contributed by atoms with van der Waals surface area (Å²) in [6.07, 6.45) is 1.85. The van der Waals surface area contributed by atoms with Crippen molar-refractivity contribution in [3.63, 3.8) is 0 Å². The molecule has 3 aromatic rings. The maximum absolute atomic E-state index is 13.4. The second-order valence-corrected chi connectivity index (χ2v) is 12.0. The average Bonchev–Trinajstić information content (AvgIpc) is 3.66. The number of fused-ring (bicyclic) bond motifs is 8. The number of nitrogens with one attached hydrogen (secondary N) is 2. The number of allylic oxidation sites excluding steroid dienone is 2. The fourth-order valence-electron chi connectivity index (χ4n) is 6.82. The van der Waals surface area contributed by atoms with Crippen LogP contribution in [0.1, 0.15) is 108 Å². The van der Waals surface area contributed by atoms with Crippen LogP contribution in [0.4, 0.5) is 0 Å². The lowest BCUT2D eigenvalue weighted by molar-refractivity contribution is -0.137. The molecule has 8 heteroatoms. The second kappa shape index (κ2) is 9.54. The minimum atomic E-state index is -0.879. The summed E-state index contributed by atoms with van der Waals surface area (Å²) in [6, 6.07) is 4.18. The molecule has 8 bridgehead atoms. The number of rotatable bonds is 4. The van der Waals surface area contributed by atoms with Crippen LogP contribution in [0, 0.1) is 13.8 Å². The standard InChI is InChI=1S/C32H33BrN4O3/c1-7-17-13(3)21-11-24-18(8-2)14(4)29(36-24)28(33)30-15(5)19(10-26(39)40)31(37-30)20-9-25(38)27-16(6)22(35-32(20)27)12-23(17)34-21/h11-12,15,19,35-36H,7-10H2,1-6H3,(H,39,40)/t15-,19?/m0/s1. The summed E-state index contributed by atoms with van der Waals surface area (Å²) >= 11 is 3.87. The van der Waals surface area contributed by atoms with Gasteiger partial charge in [-0.1, -0.05) is 20.8 Å². The Labute approximate surface area is 241 Å². The zero-order valence-corrected chi connectivity index (χ0v) is 25.3. The van der Waals surface area contributed by atoms with Crippen LogP contribution in [0.2, 0.25) is 0 Å². The monoisotopic (exact) mass is 600 g/mol. The first kappa shape index (κ1) is 26.7. The molecule has 0 spiro atoms. The van der Waals surface area contributed by atoms with Gasteiger partial charge in [-0.2, -0.15) is 0 Å². The van der Waals surface area contributed by atoms with Gasteiger partial charge in [0.2, 0.25) is 0 Å². The third-order valence-corrected chi connectivity index (χ3v) is 9.85. The van der Waals surface area contributed by atoms with Crippen LogP contribution in [-0.4, -0.2) is 36.8 Å². The molecule has 0 saturated carbocycles. The SMILES string of the molecule is CCC1=C(C)c2cc3[nH]c(c(C)c3CC)c(Br)c3nc(c4c5[nH]c(cc1n2)c(C)c5C(=O)C4)C(CC(=O)O)[C@@H]3C. The minimum absolute atomic E-state index is 0.0364. The molecule has 40 heavy (non-hydrogen) atoms. The van der Waals surface area contributed by atoms with E-state index >= 15 is 0 Å². The molecule has 2 atom stereocenters. The first-order chi connectivity index (χ1) is 19.0. The number of carboxylic acid groups (broad SMARTS) is 1. The highest BCUT2D eigenvalue weighted by Gasteiger charge is 2.37. The molecule has 7 nitrogen and oxygen atoms in total. The van der Waals surface area contributed by atoms with Crippen LogP contribution in [0.3, 0.4) is 0 Å². The van der Waals surface area contributed by atoms with E-state index in [0.717, 1.165) is 78.7 Å². The summed E-state index contributed by atoms with van der Waals surface area (Å²) in [6.45, 7) is 12.5. The molecule has 0 saturated heterocycles. The number of carboxylic acids is 1. The number of aromatic amines is 2. The van der Waals surface area contributed by atoms with Gasteiger partial charge in [-0.25, -0.2) is 4.98 Å². The number of halogens is 1. The first-order valence-electron chi connectivity index (χ1n) is 13.9. The van der Waals surface area contributed by atoms with Gasteiger partial charge in [0.25, 0.3) is 0 Å². The van der Waals surface area contributed by atoms with E-state index in [1.165, 1.54) is 11.1 Å². The average molecular weight is 602 g/mol. The van der Waals surface area contributed by atoms with E-state index in [1.54, 1.807) is 0 Å². The predicted octanol–water partition coefficient (Wildman–Crippen LogP) is 7.70. The lowest BCUT2D eigenvalue weighted by Gasteiger charge is -2.15. The van der Waals surface area contributed by atoms with E-state index < -0.39 is 5.97 Å². The van der Waals surface area contributed by atoms with Crippen molar-refractivity contribution < 1.29 is 14.7 Å². The van der Waals surface area contributed by atoms with Gasteiger partial charge in [0.1, 0.15) is 0 Å². The van der Waals surface area contributed by atoms with Gasteiger partial charge in [-0.05, 0) is 89.5 Å². The summed E-state index contributed by atoms with van der Waals surface area (Å²) < 4.78 is 0.827. The molecular formula is C32H33BrN4O3. The summed E-state index contributed by atoms with van der Waals surface area (Å²) in [4.78, 5) is 42.7. The summed E-state index contributed by atoms with van der Waals surface area (Å²) in [5.74, 6) is -1.34. The number of aromatic nitrogens is 4. The summed E-state index contributed by atoms with van der Waals surface area (Å²) in [5.41, 5.74) is 13.9. The van der Waals surface area contributed by atoms with Crippen molar-refractivity contribution in [3.05, 3.63) is 67.2 Å². The predicted molar refractivity (Wildman–Crippen MR) is 162 cm³/mol. The van der Waals surface area contributed by atoms with Crippen molar-refractivity contribution in [3.8, 4) is 0 Å². The molecule has 0 fully saturated rings. The number of ketones is 1. The zero-order chi connectivity index (χ0) is 28.6. The van der Waals surface area contributed by atoms with Crippen molar-refractivity contribution in [1.29, 1.82) is 0 Å². The van der Waals surface area contributed by atoms with Crippen LogP contribution < -0.4 is 0 Å². The molecule has 1 aliphatic carbocycles. The second-order valence-electron chi connectivity index (χ2n) is 11.2. The van der Waals surface area contributed by atoms with Gasteiger partial charge in [-0.15, -0.1) is 0 Å². The van der Waals surface area contributed by atoms with Gasteiger partial charge < -0.3 is 15.1 Å². The van der Waals surface area contributed by atoms with E-state index in [9.17, 15) is 14.7 Å². The van der Waals surface area contributed by atoms with Crippen molar-refractivity contribution in [1.82, 2.24) is 19.9 Å². The highest BCUT2D eigenvalue weighted by Crippen LogP contribution is 2.46. The Bertz CT molecular complexity index is 1840. The van der Waals surface area contributed by atoms with Crippen molar-refractivity contribution >= 4 is 60.9 Å². The zero-order valence-electron chi connectivity index (χ0n) is 23.7. The highest BCUT2D eigenvalue weighted by molar-refractivity contribution is 9.10. The van der Waals surface area contributed by atoms with Crippen LogP contribution in [-0.2, 0) is 17.6 Å². The van der Waals surface area contributed by atoms with Crippen molar-refractivity contribution in [2.75, 3.05) is 0 Å². The highest BCUT2D eigenvalue weighted by atomic mass is 79.9. The van der Waals surface area contributed by atoms with Gasteiger partial charge >= 0.3 is 5.97 Å². The first-order valence-corrected chi connectivity index (χ1v) is 14.7. The van der Waals surface area contributed by atoms with Crippen LogP contribution >= 0.6 is 15.9 Å². The van der Waals surface area contributed by atoms with Gasteiger partial charge in [-0.3, -0.25) is 14.6 Å². The van der Waals surface area contributed by atoms with E-state index in [1.807, 2.05) is 13.8 Å². The Balaban J connectivity index is 1.84. The maximum atomic E-state index is 13.4.